The van der Waals surface area contributed by atoms with Gasteiger partial charge in [0.05, 0.1) is 29.1 Å². The van der Waals surface area contributed by atoms with E-state index < -0.39 is 73.8 Å². The Morgan fingerprint density at radius 1 is 1.00 bits per heavy atom. The van der Waals surface area contributed by atoms with Gasteiger partial charge in [-0.3, -0.25) is 4.79 Å². The van der Waals surface area contributed by atoms with Gasteiger partial charge in [0, 0.05) is 11.5 Å². The predicted octanol–water partition coefficient (Wildman–Crippen LogP) is 4.10. The van der Waals surface area contributed by atoms with Crippen molar-refractivity contribution in [2.45, 2.75) is 30.5 Å². The molecule has 0 unspecified atom stereocenters. The number of pyridine rings is 1. The monoisotopic (exact) mass is 547 g/mol. The minimum atomic E-state index is -5.69. The lowest BCUT2D eigenvalue weighted by Crippen LogP contribution is -2.35. The summed E-state index contributed by atoms with van der Waals surface area (Å²) in [4.78, 5) is 15.7. The Bertz CT molecular complexity index is 1450. The third-order valence-electron chi connectivity index (χ3n) is 4.51. The molecular weight excluding hydrogens is 534 g/mol. The molecule has 0 amide bonds. The van der Waals surface area contributed by atoms with Crippen LogP contribution in [0.4, 0.5) is 35.1 Å². The second-order valence-corrected chi connectivity index (χ2v) is 9.28. The molecule has 0 aliphatic heterocycles. The number of rotatable bonds is 7. The Morgan fingerprint density at radius 3 is 2.25 bits per heavy atom. The maximum Gasteiger partial charge on any atom is 0.527 e. The first-order valence-electron chi connectivity index (χ1n) is 9.53. The highest BCUT2D eigenvalue weighted by Gasteiger charge is 2.45. The van der Waals surface area contributed by atoms with Crippen LogP contribution >= 0.6 is 0 Å². The number of fused-ring (bicyclic) bond motifs is 1. The molecule has 3 aromatic rings. The molecule has 0 spiro atoms. The lowest BCUT2D eigenvalue weighted by molar-refractivity contribution is -0.428. The van der Waals surface area contributed by atoms with Crippen LogP contribution in [0.5, 0.6) is 5.75 Å². The summed E-state index contributed by atoms with van der Waals surface area (Å²) in [5, 5.41) is 3.24. The van der Waals surface area contributed by atoms with Crippen molar-refractivity contribution in [3.05, 3.63) is 52.6 Å². The minimum Gasteiger partial charge on any atom is -0.483 e. The van der Waals surface area contributed by atoms with E-state index in [9.17, 15) is 48.3 Å². The molecule has 0 saturated carbocycles. The van der Waals surface area contributed by atoms with Gasteiger partial charge in [-0.2, -0.15) is 31.7 Å². The number of benzene rings is 1. The van der Waals surface area contributed by atoms with Crippen LogP contribution in [-0.2, 0) is 20.8 Å². The highest BCUT2D eigenvalue weighted by atomic mass is 32.2. The van der Waals surface area contributed by atoms with Crippen LogP contribution in [0.2, 0.25) is 0 Å². The first-order valence-corrected chi connectivity index (χ1v) is 11.2. The fourth-order valence-corrected chi connectivity index (χ4v) is 3.90. The summed E-state index contributed by atoms with van der Waals surface area (Å²) in [6.45, 7) is -0.808. The Kier molecular flexibility index (Phi) is 7.02. The zero-order valence-electron chi connectivity index (χ0n) is 17.7. The van der Waals surface area contributed by atoms with Gasteiger partial charge >= 0.3 is 18.6 Å². The topological polar surface area (TPSA) is 100 Å². The highest BCUT2D eigenvalue weighted by Crippen LogP contribution is 2.32. The van der Waals surface area contributed by atoms with E-state index in [-0.39, 0.29) is 5.39 Å². The first kappa shape index (κ1) is 27.3. The summed E-state index contributed by atoms with van der Waals surface area (Å²) >= 11 is 0. The number of hydrogen-bond donors (Lipinski definition) is 0. The molecule has 2 heterocycles. The van der Waals surface area contributed by atoms with Crippen LogP contribution < -0.4 is 10.3 Å². The molecule has 1 aromatic carbocycles. The normalized spacial score (nSPS) is 13.2. The van der Waals surface area contributed by atoms with Crippen molar-refractivity contribution in [1.29, 1.82) is 0 Å². The molecule has 196 valence electrons. The molecule has 8 nitrogen and oxygen atoms in total. The first-order chi connectivity index (χ1) is 16.4. The van der Waals surface area contributed by atoms with E-state index in [4.69, 9.17) is 0 Å². The fraction of sp³-hybridized carbons (Fsp3) is 0.316. The molecule has 2 aromatic heterocycles. The fourth-order valence-electron chi connectivity index (χ4n) is 2.88. The number of halogens is 8. The van der Waals surface area contributed by atoms with Gasteiger partial charge in [0.2, 0.25) is 0 Å². The smallest absolute Gasteiger partial charge is 0.483 e. The van der Waals surface area contributed by atoms with E-state index in [2.05, 4.69) is 19.6 Å². The Balaban J connectivity index is 2.10. The summed E-state index contributed by atoms with van der Waals surface area (Å²) in [6.07, 6.45) is -13.7. The van der Waals surface area contributed by atoms with Gasteiger partial charge in [0.1, 0.15) is 10.6 Å². The minimum absolute atomic E-state index is 0.00371. The highest BCUT2D eigenvalue weighted by molar-refractivity contribution is 7.91. The molecule has 0 aliphatic rings. The largest absolute Gasteiger partial charge is 0.527 e. The van der Waals surface area contributed by atoms with Gasteiger partial charge in [-0.15, -0.1) is 13.2 Å². The van der Waals surface area contributed by atoms with Crippen molar-refractivity contribution >= 4 is 20.6 Å². The van der Waals surface area contributed by atoms with Crippen LogP contribution in [0.15, 0.2) is 46.3 Å². The molecule has 0 fully saturated rings. The zero-order valence-corrected chi connectivity index (χ0v) is 18.5. The van der Waals surface area contributed by atoms with E-state index in [1.165, 1.54) is 6.92 Å². The number of aromatic nitrogens is 3. The van der Waals surface area contributed by atoms with Crippen molar-refractivity contribution in [2.75, 3.05) is 12.4 Å². The van der Waals surface area contributed by atoms with Crippen molar-refractivity contribution in [2.24, 2.45) is 0 Å². The predicted molar refractivity (Wildman–Crippen MR) is 105 cm³/mol. The van der Waals surface area contributed by atoms with E-state index in [0.717, 1.165) is 12.3 Å². The maximum absolute atomic E-state index is 13.3. The summed E-state index contributed by atoms with van der Waals surface area (Å²) in [5.41, 5.74) is -2.35. The van der Waals surface area contributed by atoms with E-state index in [1.54, 1.807) is 0 Å². The second-order valence-electron chi connectivity index (χ2n) is 7.03. The quantitative estimate of drug-likeness (QED) is 0.411. The van der Waals surface area contributed by atoms with Gasteiger partial charge in [0.25, 0.3) is 5.56 Å². The molecular formula is C19H13F8N3O5S. The Hall–Kier alpha value is -3.34. The summed E-state index contributed by atoms with van der Waals surface area (Å²) < 4.78 is 135. The third-order valence-corrected chi connectivity index (χ3v) is 6.24. The lowest BCUT2D eigenvalue weighted by Gasteiger charge is -2.19. The van der Waals surface area contributed by atoms with Crippen LogP contribution in [-0.4, -0.2) is 48.0 Å². The molecule has 36 heavy (non-hydrogen) atoms. The van der Waals surface area contributed by atoms with E-state index in [1.807, 2.05) is 0 Å². The molecule has 0 N–H and O–H groups in total. The molecule has 0 saturated heterocycles. The van der Waals surface area contributed by atoms with Crippen LogP contribution in [0, 0.1) is 0 Å². The van der Waals surface area contributed by atoms with Crippen LogP contribution in [0.3, 0.4) is 0 Å². The molecule has 0 atom stereocenters. The van der Waals surface area contributed by atoms with Gasteiger partial charge in [0.15, 0.2) is 22.3 Å². The number of sulfone groups is 1. The van der Waals surface area contributed by atoms with Crippen LogP contribution in [0.1, 0.15) is 12.5 Å². The molecule has 0 bridgehead atoms. The maximum atomic E-state index is 13.3. The van der Waals surface area contributed by atoms with Gasteiger partial charge in [-0.25, -0.2) is 18.1 Å². The van der Waals surface area contributed by atoms with Crippen molar-refractivity contribution in [3.63, 3.8) is 0 Å². The van der Waals surface area contributed by atoms with Crippen molar-refractivity contribution in [3.8, 4) is 11.6 Å². The van der Waals surface area contributed by atoms with Gasteiger partial charge in [-0.05, 0) is 12.1 Å². The van der Waals surface area contributed by atoms with Crippen molar-refractivity contribution in [1.82, 2.24) is 14.8 Å². The number of alkyl halides is 8. The second kappa shape index (κ2) is 9.27. The van der Waals surface area contributed by atoms with E-state index >= 15 is 0 Å². The van der Waals surface area contributed by atoms with Crippen LogP contribution in [0.25, 0.3) is 16.6 Å². The van der Waals surface area contributed by atoms with Gasteiger partial charge < -0.3 is 4.74 Å². The summed E-state index contributed by atoms with van der Waals surface area (Å²) in [7, 11) is -4.30. The Morgan fingerprint density at radius 2 is 1.67 bits per heavy atom. The molecule has 0 radical (unpaired) electrons. The molecule has 17 heteroatoms. The number of ether oxygens (including phenoxy) is 2. The SMILES string of the molecule is CCS(=O)(=O)c1cc(OCC(F)(F)OC(F)(F)F)cnc1-n1ncc2ccc(C(F)(F)F)cc2c1=O. The van der Waals surface area contributed by atoms with Gasteiger partial charge in [-0.1, -0.05) is 13.0 Å². The number of hydrogen-bond acceptors (Lipinski definition) is 7. The Labute approximate surface area is 196 Å². The lowest BCUT2D eigenvalue weighted by atomic mass is 10.1. The average molecular weight is 547 g/mol. The molecule has 0 aliphatic carbocycles. The summed E-state index contributed by atoms with van der Waals surface area (Å²) in [5.74, 6) is -2.05. The van der Waals surface area contributed by atoms with Crippen molar-refractivity contribution < 1.29 is 53.0 Å². The molecule has 3 rings (SSSR count). The average Bonchev–Trinajstić information content (AvgIpc) is 2.75. The van der Waals surface area contributed by atoms with E-state index in [0.29, 0.717) is 29.1 Å². The number of nitrogens with zero attached hydrogens (tertiary/aromatic N) is 3. The zero-order chi connectivity index (χ0) is 27.1. The third kappa shape index (κ3) is 6.07. The summed E-state index contributed by atoms with van der Waals surface area (Å²) in [6, 6.07) is 2.83. The standard InChI is InChI=1S/C19H13F8N3O5S/c1-2-36(32,33)14-6-12(34-9-17(20,21)35-19(25,26)27)8-28-15(14)30-16(31)13-5-11(18(22,23)24)4-3-10(13)7-29-30/h3-8H,2,9H2,1H3.